The topological polar surface area (TPSA) is 56.9 Å². The minimum atomic E-state index is 0.217. The van der Waals surface area contributed by atoms with Gasteiger partial charge in [0.05, 0.1) is 0 Å². The maximum atomic E-state index is 11.4. The fraction of sp³-hybridized carbons (Fsp3) is 0.400. The highest BCUT2D eigenvalue weighted by Gasteiger charge is 2.28. The third-order valence-electron chi connectivity index (χ3n) is 3.54. The smallest absolute Gasteiger partial charge is 0.223 e. The van der Waals surface area contributed by atoms with Gasteiger partial charge in [-0.1, -0.05) is 18.2 Å². The highest BCUT2D eigenvalue weighted by molar-refractivity contribution is 5.83. The van der Waals surface area contributed by atoms with Gasteiger partial charge in [-0.15, -0.1) is 0 Å². The maximum absolute atomic E-state index is 11.4. The van der Waals surface area contributed by atoms with Crippen LogP contribution in [0.5, 0.6) is 0 Å². The Balaban J connectivity index is 1.43. The van der Waals surface area contributed by atoms with Gasteiger partial charge < -0.3 is 15.6 Å². The van der Waals surface area contributed by atoms with E-state index in [2.05, 4.69) is 33.8 Å². The van der Waals surface area contributed by atoms with Crippen molar-refractivity contribution in [3.8, 4) is 0 Å². The van der Waals surface area contributed by atoms with Gasteiger partial charge in [-0.3, -0.25) is 4.79 Å². The highest BCUT2D eigenvalue weighted by Crippen LogP contribution is 2.28. The lowest BCUT2D eigenvalue weighted by molar-refractivity contribution is -0.122. The maximum Gasteiger partial charge on any atom is 0.223 e. The van der Waals surface area contributed by atoms with E-state index in [4.69, 9.17) is 0 Å². The van der Waals surface area contributed by atoms with Gasteiger partial charge in [-0.05, 0) is 24.5 Å². The quantitative estimate of drug-likeness (QED) is 0.691. The molecule has 1 aliphatic rings. The van der Waals surface area contributed by atoms with Crippen molar-refractivity contribution in [2.45, 2.75) is 19.4 Å². The number of para-hydroxylation sites is 1. The minimum absolute atomic E-state index is 0.217. The van der Waals surface area contributed by atoms with Gasteiger partial charge >= 0.3 is 0 Å². The second-order valence-corrected chi connectivity index (χ2v) is 5.10. The van der Waals surface area contributed by atoms with Crippen molar-refractivity contribution in [2.75, 3.05) is 13.1 Å². The van der Waals surface area contributed by atoms with E-state index in [9.17, 15) is 4.79 Å². The van der Waals surface area contributed by atoms with E-state index >= 15 is 0 Å². The summed E-state index contributed by atoms with van der Waals surface area (Å²) in [7, 11) is 0. The Morgan fingerprint density at radius 1 is 1.26 bits per heavy atom. The molecule has 1 heterocycles. The molecule has 0 saturated heterocycles. The number of benzene rings is 1. The van der Waals surface area contributed by atoms with Crippen LogP contribution in [0.4, 0.5) is 0 Å². The second kappa shape index (κ2) is 5.45. The Morgan fingerprint density at radius 3 is 2.95 bits per heavy atom. The van der Waals surface area contributed by atoms with Gasteiger partial charge in [-0.2, -0.15) is 0 Å². The van der Waals surface area contributed by atoms with Gasteiger partial charge in [0.25, 0.3) is 0 Å². The fourth-order valence-corrected chi connectivity index (χ4v) is 2.26. The van der Waals surface area contributed by atoms with Gasteiger partial charge in [-0.25, -0.2) is 0 Å². The molecule has 1 aromatic carbocycles. The lowest BCUT2D eigenvalue weighted by atomic mass is 10.2. The number of carbonyl (C=O) groups is 1. The summed E-state index contributed by atoms with van der Waals surface area (Å²) < 4.78 is 0. The number of fused-ring (bicyclic) bond motifs is 1. The Labute approximate surface area is 112 Å². The Morgan fingerprint density at radius 2 is 2.11 bits per heavy atom. The van der Waals surface area contributed by atoms with E-state index < -0.39 is 0 Å². The van der Waals surface area contributed by atoms with Gasteiger partial charge in [0.1, 0.15) is 0 Å². The number of hydrogen-bond acceptors (Lipinski definition) is 2. The number of rotatable bonds is 6. The van der Waals surface area contributed by atoms with Crippen LogP contribution in [0.15, 0.2) is 30.5 Å². The molecule has 0 spiro atoms. The summed E-state index contributed by atoms with van der Waals surface area (Å²) in [6.07, 6.45) is 4.17. The van der Waals surface area contributed by atoms with E-state index in [-0.39, 0.29) is 5.91 Å². The number of amides is 1. The number of aromatic amines is 1. The molecular weight excluding hydrogens is 238 g/mol. The van der Waals surface area contributed by atoms with Crippen LogP contribution in [0.1, 0.15) is 18.4 Å². The van der Waals surface area contributed by atoms with E-state index in [1.54, 1.807) is 0 Å². The predicted octanol–water partition coefficient (Wildman–Crippen LogP) is 1.78. The molecule has 19 heavy (non-hydrogen) atoms. The monoisotopic (exact) mass is 257 g/mol. The van der Waals surface area contributed by atoms with Crippen molar-refractivity contribution in [1.82, 2.24) is 15.6 Å². The SMILES string of the molecule is O=C(NCCNCc1c[nH]c2ccccc12)C1CC1. The van der Waals surface area contributed by atoms with Crippen LogP contribution >= 0.6 is 0 Å². The van der Waals surface area contributed by atoms with Crippen molar-refractivity contribution in [3.05, 3.63) is 36.0 Å². The number of aromatic nitrogens is 1. The lowest BCUT2D eigenvalue weighted by Gasteiger charge is -2.05. The average Bonchev–Trinajstić information content (AvgIpc) is 3.21. The van der Waals surface area contributed by atoms with Crippen molar-refractivity contribution in [2.24, 2.45) is 5.92 Å². The number of nitrogens with one attached hydrogen (secondary N) is 3. The van der Waals surface area contributed by atoms with Crippen LogP contribution in [0.2, 0.25) is 0 Å². The standard InChI is InChI=1S/C15H19N3O/c19-15(11-5-6-11)17-8-7-16-9-12-10-18-14-4-2-1-3-13(12)14/h1-4,10-11,16,18H,5-9H2,(H,17,19). The van der Waals surface area contributed by atoms with Crippen molar-refractivity contribution < 1.29 is 4.79 Å². The molecule has 1 aromatic heterocycles. The average molecular weight is 257 g/mol. The van der Waals surface area contributed by atoms with Gasteiger partial charge in [0.15, 0.2) is 0 Å². The molecule has 1 saturated carbocycles. The Kier molecular flexibility index (Phi) is 3.51. The zero-order chi connectivity index (χ0) is 13.1. The van der Waals surface area contributed by atoms with E-state index in [0.29, 0.717) is 12.5 Å². The molecule has 1 fully saturated rings. The molecule has 1 aliphatic carbocycles. The fourth-order valence-electron chi connectivity index (χ4n) is 2.26. The number of H-pyrrole nitrogens is 1. The van der Waals surface area contributed by atoms with E-state index in [0.717, 1.165) is 25.9 Å². The molecule has 1 amide bonds. The molecule has 0 unspecified atom stereocenters. The van der Waals surface area contributed by atoms with Crippen LogP contribution in [0.3, 0.4) is 0 Å². The largest absolute Gasteiger partial charge is 0.361 e. The zero-order valence-electron chi connectivity index (χ0n) is 10.9. The van der Waals surface area contributed by atoms with Crippen LogP contribution in [0.25, 0.3) is 10.9 Å². The summed E-state index contributed by atoms with van der Waals surface area (Å²) in [5.74, 6) is 0.516. The van der Waals surface area contributed by atoms with Crippen molar-refractivity contribution >= 4 is 16.8 Å². The first-order valence-corrected chi connectivity index (χ1v) is 6.88. The molecule has 3 rings (SSSR count). The summed E-state index contributed by atoms with van der Waals surface area (Å²) >= 11 is 0. The highest BCUT2D eigenvalue weighted by atomic mass is 16.2. The molecule has 4 heteroatoms. The van der Waals surface area contributed by atoms with Crippen LogP contribution in [0, 0.1) is 5.92 Å². The summed E-state index contributed by atoms with van der Waals surface area (Å²) in [6, 6.07) is 8.28. The predicted molar refractivity (Wildman–Crippen MR) is 75.7 cm³/mol. The van der Waals surface area contributed by atoms with E-state index in [1.165, 1.54) is 16.5 Å². The van der Waals surface area contributed by atoms with Gasteiger partial charge in [0, 0.05) is 42.7 Å². The normalized spacial score (nSPS) is 14.7. The van der Waals surface area contributed by atoms with Crippen LogP contribution in [-0.4, -0.2) is 24.0 Å². The molecule has 0 bridgehead atoms. The number of carbonyl (C=O) groups excluding carboxylic acids is 1. The van der Waals surface area contributed by atoms with Crippen molar-refractivity contribution in [1.29, 1.82) is 0 Å². The summed E-state index contributed by atoms with van der Waals surface area (Å²) in [4.78, 5) is 14.7. The van der Waals surface area contributed by atoms with Crippen LogP contribution < -0.4 is 10.6 Å². The molecule has 0 radical (unpaired) electrons. The minimum Gasteiger partial charge on any atom is -0.361 e. The van der Waals surface area contributed by atoms with Crippen LogP contribution in [-0.2, 0) is 11.3 Å². The zero-order valence-corrected chi connectivity index (χ0v) is 10.9. The first-order chi connectivity index (χ1) is 9.34. The van der Waals surface area contributed by atoms with E-state index in [1.807, 2.05) is 12.3 Å². The molecular formula is C15H19N3O. The summed E-state index contributed by atoms with van der Waals surface area (Å²) in [5, 5.41) is 7.57. The van der Waals surface area contributed by atoms with Crippen molar-refractivity contribution in [3.63, 3.8) is 0 Å². The molecule has 0 aliphatic heterocycles. The molecule has 4 nitrogen and oxygen atoms in total. The van der Waals surface area contributed by atoms with Gasteiger partial charge in [0.2, 0.25) is 5.91 Å². The summed E-state index contributed by atoms with van der Waals surface area (Å²) in [5.41, 5.74) is 2.44. The lowest BCUT2D eigenvalue weighted by Crippen LogP contribution is -2.32. The Bertz CT molecular complexity index is 572. The molecule has 0 atom stereocenters. The first-order valence-electron chi connectivity index (χ1n) is 6.88. The third kappa shape index (κ3) is 2.96. The summed E-state index contributed by atoms with van der Waals surface area (Å²) in [6.45, 7) is 2.33. The Hall–Kier alpha value is -1.81. The third-order valence-corrected chi connectivity index (χ3v) is 3.54. The second-order valence-electron chi connectivity index (χ2n) is 5.10. The molecule has 100 valence electrons. The molecule has 2 aromatic rings. The first kappa shape index (κ1) is 12.2. The number of hydrogen-bond donors (Lipinski definition) is 3. The molecule has 3 N–H and O–H groups in total.